The number of thiazole rings is 1. The van der Waals surface area contributed by atoms with Gasteiger partial charge in [-0.3, -0.25) is 9.88 Å². The van der Waals surface area contributed by atoms with E-state index < -0.39 is 0 Å². The van der Waals surface area contributed by atoms with E-state index in [4.69, 9.17) is 0 Å². The van der Waals surface area contributed by atoms with Crippen LogP contribution in [0.1, 0.15) is 16.6 Å². The average molecular weight is 260 g/mol. The third kappa shape index (κ3) is 2.43. The van der Waals surface area contributed by atoms with Crippen molar-refractivity contribution >= 4 is 11.3 Å². The molecule has 0 spiro atoms. The Hall–Kier alpha value is -1.30. The molecule has 0 amide bonds. The van der Waals surface area contributed by atoms with Gasteiger partial charge in [-0.2, -0.15) is 0 Å². The highest BCUT2D eigenvalue weighted by Gasteiger charge is 2.25. The van der Waals surface area contributed by atoms with Crippen LogP contribution in [-0.4, -0.2) is 41.0 Å². The highest BCUT2D eigenvalue weighted by atomic mass is 32.1. The van der Waals surface area contributed by atoms with E-state index in [1.54, 1.807) is 11.3 Å². The molecule has 1 aliphatic rings. The molecule has 0 radical (unpaired) electrons. The highest BCUT2D eigenvalue weighted by molar-refractivity contribution is 7.09. The van der Waals surface area contributed by atoms with Crippen LogP contribution in [-0.2, 0) is 0 Å². The highest BCUT2D eigenvalue weighted by Crippen LogP contribution is 2.29. The zero-order chi connectivity index (χ0) is 12.2. The van der Waals surface area contributed by atoms with Gasteiger partial charge in [0.05, 0.1) is 6.04 Å². The number of aromatic nitrogens is 2. The summed E-state index contributed by atoms with van der Waals surface area (Å²) in [5.74, 6) is 0. The fourth-order valence-electron chi connectivity index (χ4n) is 2.36. The zero-order valence-corrected chi connectivity index (χ0v) is 10.9. The summed E-state index contributed by atoms with van der Waals surface area (Å²) in [5.41, 5.74) is 1.23. The molecule has 2 aromatic rings. The standard InChI is InChI=1S/C13H16N4S/c1-2-11(10-15-3-1)12(13-16-6-9-18-13)17-7-4-14-5-8-17/h1-3,6,9-10,12,14H,4-5,7-8H2. The predicted molar refractivity (Wildman–Crippen MR) is 72.6 cm³/mol. The summed E-state index contributed by atoms with van der Waals surface area (Å²) in [6, 6.07) is 4.39. The lowest BCUT2D eigenvalue weighted by atomic mass is 10.1. The minimum absolute atomic E-state index is 0.251. The second-order valence-electron chi connectivity index (χ2n) is 4.35. The van der Waals surface area contributed by atoms with Crippen molar-refractivity contribution < 1.29 is 0 Å². The smallest absolute Gasteiger partial charge is 0.114 e. The number of nitrogens with one attached hydrogen (secondary N) is 1. The Kier molecular flexibility index (Phi) is 3.64. The van der Waals surface area contributed by atoms with Crippen LogP contribution in [0.5, 0.6) is 0 Å². The third-order valence-electron chi connectivity index (χ3n) is 3.20. The molecule has 18 heavy (non-hydrogen) atoms. The van der Waals surface area contributed by atoms with Gasteiger partial charge >= 0.3 is 0 Å². The fraction of sp³-hybridized carbons (Fsp3) is 0.385. The molecular formula is C13H16N4S. The van der Waals surface area contributed by atoms with Gasteiger partial charge in [-0.05, 0) is 11.6 Å². The molecule has 3 rings (SSSR count). The number of hydrogen-bond acceptors (Lipinski definition) is 5. The van der Waals surface area contributed by atoms with Gasteiger partial charge in [0, 0.05) is 50.1 Å². The maximum absolute atomic E-state index is 4.50. The SMILES string of the molecule is c1cncc(C(c2nccs2)N2CCNCC2)c1. The first-order valence-corrected chi connectivity index (χ1v) is 7.07. The van der Waals surface area contributed by atoms with Gasteiger partial charge in [-0.15, -0.1) is 11.3 Å². The lowest BCUT2D eigenvalue weighted by molar-refractivity contribution is 0.198. The molecule has 0 saturated carbocycles. The molecular weight excluding hydrogens is 244 g/mol. The predicted octanol–water partition coefficient (Wildman–Crippen LogP) is 1.53. The Labute approximate surface area is 111 Å². The Morgan fingerprint density at radius 1 is 1.28 bits per heavy atom. The minimum atomic E-state index is 0.251. The van der Waals surface area contributed by atoms with E-state index in [-0.39, 0.29) is 6.04 Å². The lowest BCUT2D eigenvalue weighted by Gasteiger charge is -2.33. The lowest BCUT2D eigenvalue weighted by Crippen LogP contribution is -2.45. The maximum atomic E-state index is 4.50. The second-order valence-corrected chi connectivity index (χ2v) is 5.27. The minimum Gasteiger partial charge on any atom is -0.314 e. The van der Waals surface area contributed by atoms with E-state index in [2.05, 4.69) is 26.3 Å². The summed E-state index contributed by atoms with van der Waals surface area (Å²) < 4.78 is 0. The molecule has 5 heteroatoms. The molecule has 1 atom stereocenters. The number of rotatable bonds is 3. The van der Waals surface area contributed by atoms with Crippen molar-refractivity contribution in [2.45, 2.75) is 6.04 Å². The van der Waals surface area contributed by atoms with Gasteiger partial charge in [-0.1, -0.05) is 6.07 Å². The van der Waals surface area contributed by atoms with Crippen molar-refractivity contribution in [2.24, 2.45) is 0 Å². The average Bonchev–Trinajstić information content (AvgIpc) is 2.95. The van der Waals surface area contributed by atoms with Gasteiger partial charge in [0.2, 0.25) is 0 Å². The zero-order valence-electron chi connectivity index (χ0n) is 10.1. The molecule has 1 saturated heterocycles. The first-order chi connectivity index (χ1) is 8.95. The molecule has 0 bridgehead atoms. The molecule has 3 heterocycles. The van der Waals surface area contributed by atoms with Crippen molar-refractivity contribution in [1.29, 1.82) is 0 Å². The molecule has 1 N–H and O–H groups in total. The summed E-state index contributed by atoms with van der Waals surface area (Å²) in [6.45, 7) is 4.20. The van der Waals surface area contributed by atoms with Crippen LogP contribution in [0.4, 0.5) is 0 Å². The van der Waals surface area contributed by atoms with Gasteiger partial charge in [0.1, 0.15) is 5.01 Å². The number of hydrogen-bond donors (Lipinski definition) is 1. The van der Waals surface area contributed by atoms with E-state index in [1.807, 2.05) is 30.0 Å². The summed E-state index contributed by atoms with van der Waals surface area (Å²) in [5, 5.41) is 6.59. The summed E-state index contributed by atoms with van der Waals surface area (Å²) in [7, 11) is 0. The number of piperazine rings is 1. The van der Waals surface area contributed by atoms with E-state index in [0.717, 1.165) is 31.2 Å². The van der Waals surface area contributed by atoms with E-state index in [1.165, 1.54) is 5.56 Å². The van der Waals surface area contributed by atoms with Crippen molar-refractivity contribution in [3.63, 3.8) is 0 Å². The maximum Gasteiger partial charge on any atom is 0.114 e. The van der Waals surface area contributed by atoms with Crippen LogP contribution < -0.4 is 5.32 Å². The van der Waals surface area contributed by atoms with Crippen LogP contribution in [0.15, 0.2) is 36.1 Å². The first-order valence-electron chi connectivity index (χ1n) is 6.19. The quantitative estimate of drug-likeness (QED) is 0.909. The van der Waals surface area contributed by atoms with Crippen LogP contribution in [0.2, 0.25) is 0 Å². The van der Waals surface area contributed by atoms with Crippen molar-refractivity contribution in [2.75, 3.05) is 26.2 Å². The largest absolute Gasteiger partial charge is 0.314 e. The Morgan fingerprint density at radius 2 is 2.17 bits per heavy atom. The normalized spacial score (nSPS) is 18.7. The van der Waals surface area contributed by atoms with Crippen LogP contribution in [0.25, 0.3) is 0 Å². The van der Waals surface area contributed by atoms with Crippen molar-refractivity contribution in [1.82, 2.24) is 20.2 Å². The van der Waals surface area contributed by atoms with Crippen LogP contribution >= 0.6 is 11.3 Å². The molecule has 4 nitrogen and oxygen atoms in total. The van der Waals surface area contributed by atoms with Crippen LogP contribution in [0, 0.1) is 0 Å². The molecule has 1 fully saturated rings. The number of nitrogens with zero attached hydrogens (tertiary/aromatic N) is 3. The Morgan fingerprint density at radius 3 is 2.83 bits per heavy atom. The summed E-state index contributed by atoms with van der Waals surface area (Å²) in [6.07, 6.45) is 5.65. The van der Waals surface area contributed by atoms with Gasteiger partial charge in [-0.25, -0.2) is 4.98 Å². The van der Waals surface area contributed by atoms with Gasteiger partial charge in [0.15, 0.2) is 0 Å². The molecule has 0 aromatic carbocycles. The molecule has 94 valence electrons. The topological polar surface area (TPSA) is 41.1 Å². The molecule has 1 aliphatic heterocycles. The molecule has 0 aliphatic carbocycles. The van der Waals surface area contributed by atoms with E-state index in [0.29, 0.717) is 0 Å². The molecule has 1 unspecified atom stereocenters. The van der Waals surface area contributed by atoms with Gasteiger partial charge < -0.3 is 5.32 Å². The van der Waals surface area contributed by atoms with Crippen molar-refractivity contribution in [3.05, 3.63) is 46.7 Å². The number of pyridine rings is 1. The van der Waals surface area contributed by atoms with Gasteiger partial charge in [0.25, 0.3) is 0 Å². The fourth-order valence-corrected chi connectivity index (χ4v) is 3.15. The monoisotopic (exact) mass is 260 g/mol. The van der Waals surface area contributed by atoms with Crippen molar-refractivity contribution in [3.8, 4) is 0 Å². The van der Waals surface area contributed by atoms with Crippen LogP contribution in [0.3, 0.4) is 0 Å². The van der Waals surface area contributed by atoms with E-state index in [9.17, 15) is 0 Å². The Bertz CT molecular complexity index is 465. The molecule has 2 aromatic heterocycles. The summed E-state index contributed by atoms with van der Waals surface area (Å²) >= 11 is 1.72. The summed E-state index contributed by atoms with van der Waals surface area (Å²) in [4.78, 5) is 11.2. The first kappa shape index (κ1) is 11.8. The Balaban J connectivity index is 1.93. The third-order valence-corrected chi connectivity index (χ3v) is 4.03. The second kappa shape index (κ2) is 5.56. The van der Waals surface area contributed by atoms with E-state index >= 15 is 0 Å².